The van der Waals surface area contributed by atoms with E-state index in [0.717, 1.165) is 31.2 Å². The standard InChI is InChI=1S/C23H29N3O5/c1-3-8-18(9-4-2)31-23(29)17-12-19(30-15-16-10-6-5-7-11-16)21(25-14-17)22(28)26-20(27)13-24/h5-7,10-12,14,18H,3-4,8-9,13,15,24H2,1-2H3,(H,26,27,28). The largest absolute Gasteiger partial charge is 0.486 e. The Morgan fingerprint density at radius 2 is 1.77 bits per heavy atom. The molecule has 1 heterocycles. The average Bonchev–Trinajstić information content (AvgIpc) is 2.78. The maximum Gasteiger partial charge on any atom is 0.340 e. The quantitative estimate of drug-likeness (QED) is 0.529. The molecule has 3 N–H and O–H groups in total. The number of nitrogens with two attached hydrogens (primary N) is 1. The number of ether oxygens (including phenoxy) is 2. The number of pyridine rings is 1. The Bertz CT molecular complexity index is 880. The van der Waals surface area contributed by atoms with E-state index < -0.39 is 17.8 Å². The van der Waals surface area contributed by atoms with Crippen molar-refractivity contribution < 1.29 is 23.9 Å². The maximum absolute atomic E-state index is 12.6. The molecule has 0 saturated heterocycles. The van der Waals surface area contributed by atoms with E-state index in [4.69, 9.17) is 15.2 Å². The molecule has 0 aliphatic rings. The van der Waals surface area contributed by atoms with Gasteiger partial charge in [0, 0.05) is 6.20 Å². The van der Waals surface area contributed by atoms with Gasteiger partial charge in [-0.05, 0) is 24.5 Å². The number of carbonyl (C=O) groups is 3. The van der Waals surface area contributed by atoms with Gasteiger partial charge >= 0.3 is 5.97 Å². The zero-order valence-electron chi connectivity index (χ0n) is 17.9. The summed E-state index contributed by atoms with van der Waals surface area (Å²) in [5, 5.41) is 2.14. The number of carbonyl (C=O) groups excluding carboxylic acids is 3. The molecule has 0 aliphatic carbocycles. The molecule has 0 saturated carbocycles. The minimum Gasteiger partial charge on any atom is -0.486 e. The number of nitrogens with zero attached hydrogens (tertiary/aromatic N) is 1. The SMILES string of the molecule is CCCC(CCC)OC(=O)c1cnc(C(=O)NC(=O)CN)c(OCc2ccccc2)c1. The van der Waals surface area contributed by atoms with Gasteiger partial charge in [-0.15, -0.1) is 0 Å². The van der Waals surface area contributed by atoms with E-state index in [9.17, 15) is 14.4 Å². The minimum absolute atomic E-state index is 0.0724. The first-order chi connectivity index (χ1) is 15.0. The van der Waals surface area contributed by atoms with Crippen LogP contribution in [0.2, 0.25) is 0 Å². The lowest BCUT2D eigenvalue weighted by Gasteiger charge is -2.17. The summed E-state index contributed by atoms with van der Waals surface area (Å²) in [4.78, 5) is 40.7. The van der Waals surface area contributed by atoms with Crippen molar-refractivity contribution in [1.29, 1.82) is 0 Å². The third kappa shape index (κ3) is 7.49. The zero-order chi connectivity index (χ0) is 22.6. The fourth-order valence-corrected chi connectivity index (χ4v) is 2.93. The third-order valence-corrected chi connectivity index (χ3v) is 4.47. The van der Waals surface area contributed by atoms with Crippen molar-refractivity contribution in [3.8, 4) is 5.75 Å². The maximum atomic E-state index is 12.6. The molecular weight excluding hydrogens is 398 g/mol. The Morgan fingerprint density at radius 3 is 2.39 bits per heavy atom. The number of rotatable bonds is 11. The van der Waals surface area contributed by atoms with E-state index in [2.05, 4.69) is 10.3 Å². The molecule has 0 atom stereocenters. The third-order valence-electron chi connectivity index (χ3n) is 4.47. The smallest absolute Gasteiger partial charge is 0.340 e. The molecule has 0 unspecified atom stereocenters. The first-order valence-electron chi connectivity index (χ1n) is 10.4. The number of aromatic nitrogens is 1. The molecule has 2 amide bonds. The van der Waals surface area contributed by atoms with Crippen LogP contribution in [0.5, 0.6) is 5.75 Å². The van der Waals surface area contributed by atoms with Crippen LogP contribution in [0.25, 0.3) is 0 Å². The van der Waals surface area contributed by atoms with Gasteiger partial charge in [0.05, 0.1) is 12.1 Å². The van der Waals surface area contributed by atoms with Crippen molar-refractivity contribution in [2.75, 3.05) is 6.54 Å². The van der Waals surface area contributed by atoms with Crippen molar-refractivity contribution >= 4 is 17.8 Å². The van der Waals surface area contributed by atoms with E-state index in [1.165, 1.54) is 12.3 Å². The van der Waals surface area contributed by atoms with Gasteiger partial charge in [-0.1, -0.05) is 57.0 Å². The summed E-state index contributed by atoms with van der Waals surface area (Å²) >= 11 is 0. The Hall–Kier alpha value is -3.26. The van der Waals surface area contributed by atoms with Crippen molar-refractivity contribution in [1.82, 2.24) is 10.3 Å². The predicted molar refractivity (Wildman–Crippen MR) is 116 cm³/mol. The molecule has 8 nitrogen and oxygen atoms in total. The van der Waals surface area contributed by atoms with Crippen LogP contribution in [0.4, 0.5) is 0 Å². The van der Waals surface area contributed by atoms with Gasteiger partial charge in [-0.25, -0.2) is 9.78 Å². The number of imide groups is 1. The molecule has 2 rings (SSSR count). The lowest BCUT2D eigenvalue weighted by atomic mass is 10.1. The highest BCUT2D eigenvalue weighted by molar-refractivity contribution is 6.06. The summed E-state index contributed by atoms with van der Waals surface area (Å²) in [6.07, 6.45) is 4.40. The van der Waals surface area contributed by atoms with Gasteiger partial charge in [-0.2, -0.15) is 0 Å². The molecule has 0 radical (unpaired) electrons. The van der Waals surface area contributed by atoms with Gasteiger partial charge in [0.2, 0.25) is 5.91 Å². The van der Waals surface area contributed by atoms with Gasteiger partial charge in [0.1, 0.15) is 12.7 Å². The summed E-state index contributed by atoms with van der Waals surface area (Å²) in [6.45, 7) is 3.88. The lowest BCUT2D eigenvalue weighted by molar-refractivity contribution is -0.118. The Kier molecular flexibility index (Phi) is 9.64. The number of amides is 2. The molecule has 0 bridgehead atoms. The van der Waals surface area contributed by atoms with Gasteiger partial charge in [0.25, 0.3) is 5.91 Å². The molecule has 0 aliphatic heterocycles. The zero-order valence-corrected chi connectivity index (χ0v) is 17.9. The molecule has 31 heavy (non-hydrogen) atoms. The molecule has 0 spiro atoms. The van der Waals surface area contributed by atoms with Crippen LogP contribution in [-0.2, 0) is 16.1 Å². The van der Waals surface area contributed by atoms with Gasteiger partial charge < -0.3 is 15.2 Å². The van der Waals surface area contributed by atoms with E-state index in [1.54, 1.807) is 0 Å². The molecule has 8 heteroatoms. The highest BCUT2D eigenvalue weighted by atomic mass is 16.5. The Balaban J connectivity index is 2.26. The van der Waals surface area contributed by atoms with Crippen molar-refractivity contribution in [2.45, 2.75) is 52.2 Å². The number of hydrogen-bond donors (Lipinski definition) is 2. The first kappa shape index (κ1) is 24.0. The number of benzene rings is 1. The first-order valence-corrected chi connectivity index (χ1v) is 10.4. The van der Waals surface area contributed by atoms with Gasteiger partial charge in [-0.3, -0.25) is 14.9 Å². The number of nitrogens with one attached hydrogen (secondary N) is 1. The highest BCUT2D eigenvalue weighted by Gasteiger charge is 2.21. The van der Waals surface area contributed by atoms with Crippen LogP contribution < -0.4 is 15.8 Å². The fourth-order valence-electron chi connectivity index (χ4n) is 2.93. The summed E-state index contributed by atoms with van der Waals surface area (Å²) in [6, 6.07) is 10.7. The second-order valence-corrected chi connectivity index (χ2v) is 7.03. The normalized spacial score (nSPS) is 10.6. The average molecular weight is 428 g/mol. The monoisotopic (exact) mass is 427 g/mol. The second-order valence-electron chi connectivity index (χ2n) is 7.03. The summed E-state index contributed by atoms with van der Waals surface area (Å²) in [5.41, 5.74) is 6.17. The second kappa shape index (κ2) is 12.4. The highest BCUT2D eigenvalue weighted by Crippen LogP contribution is 2.21. The molecular formula is C23H29N3O5. The van der Waals surface area contributed by atoms with Crippen molar-refractivity contribution in [2.24, 2.45) is 5.73 Å². The van der Waals surface area contributed by atoms with Crippen LogP contribution in [0.3, 0.4) is 0 Å². The van der Waals surface area contributed by atoms with E-state index in [1.807, 2.05) is 44.2 Å². The van der Waals surface area contributed by atoms with Crippen LogP contribution in [-0.4, -0.2) is 35.4 Å². The Labute approximate surface area is 182 Å². The minimum atomic E-state index is -0.756. The Morgan fingerprint density at radius 1 is 1.10 bits per heavy atom. The summed E-state index contributed by atoms with van der Waals surface area (Å²) < 4.78 is 11.4. The summed E-state index contributed by atoms with van der Waals surface area (Å²) in [5.74, 6) is -1.86. The van der Waals surface area contributed by atoms with E-state index in [0.29, 0.717) is 0 Å². The molecule has 1 aromatic heterocycles. The van der Waals surface area contributed by atoms with E-state index in [-0.39, 0.29) is 36.3 Å². The fraction of sp³-hybridized carbons (Fsp3) is 0.391. The van der Waals surface area contributed by atoms with Gasteiger partial charge in [0.15, 0.2) is 11.4 Å². The topological polar surface area (TPSA) is 121 Å². The van der Waals surface area contributed by atoms with Crippen molar-refractivity contribution in [3.05, 3.63) is 59.4 Å². The number of esters is 1. The van der Waals surface area contributed by atoms with E-state index >= 15 is 0 Å². The van der Waals surface area contributed by atoms with Crippen LogP contribution in [0.1, 0.15) is 65.9 Å². The molecule has 0 fully saturated rings. The van der Waals surface area contributed by atoms with Crippen molar-refractivity contribution in [3.63, 3.8) is 0 Å². The number of hydrogen-bond acceptors (Lipinski definition) is 7. The molecule has 1 aromatic carbocycles. The van der Waals surface area contributed by atoms with Crippen LogP contribution >= 0.6 is 0 Å². The molecule has 166 valence electrons. The van der Waals surface area contributed by atoms with Crippen LogP contribution in [0, 0.1) is 0 Å². The summed E-state index contributed by atoms with van der Waals surface area (Å²) in [7, 11) is 0. The molecule has 2 aromatic rings. The lowest BCUT2D eigenvalue weighted by Crippen LogP contribution is -2.36. The van der Waals surface area contributed by atoms with Crippen LogP contribution in [0.15, 0.2) is 42.6 Å². The predicted octanol–water partition coefficient (Wildman–Crippen LogP) is 3.00.